The molecule has 0 aliphatic carbocycles. The van der Waals surface area contributed by atoms with Gasteiger partial charge in [-0.1, -0.05) is 23.4 Å². The first-order valence-corrected chi connectivity index (χ1v) is 7.33. The van der Waals surface area contributed by atoms with E-state index < -0.39 is 0 Å². The molecule has 3 rings (SSSR count). The Morgan fingerprint density at radius 2 is 2.00 bits per heavy atom. The third kappa shape index (κ3) is 3.63. The Kier molecular flexibility index (Phi) is 4.18. The topological polar surface area (TPSA) is 77.6 Å². The smallest absolute Gasteiger partial charge is 0.251 e. The van der Waals surface area contributed by atoms with Gasteiger partial charge in [0, 0.05) is 18.3 Å². The van der Waals surface area contributed by atoms with E-state index in [1.807, 2.05) is 49.1 Å². The average Bonchev–Trinajstić information content (AvgIpc) is 3.13. The third-order valence-corrected chi connectivity index (χ3v) is 3.54. The third-order valence-electron chi connectivity index (χ3n) is 3.54. The predicted octanol–water partition coefficient (Wildman–Crippen LogP) is 1.30. The van der Waals surface area contributed by atoms with Gasteiger partial charge in [-0.05, 0) is 25.1 Å². The molecule has 1 amide bonds. The minimum Gasteiger partial charge on any atom is -0.346 e. The van der Waals surface area contributed by atoms with Crippen LogP contribution in [-0.2, 0) is 20.1 Å². The molecule has 23 heavy (non-hydrogen) atoms. The van der Waals surface area contributed by atoms with Crippen LogP contribution in [0.15, 0.2) is 42.6 Å². The molecule has 0 bridgehead atoms. The van der Waals surface area contributed by atoms with Gasteiger partial charge in [0.1, 0.15) is 5.69 Å². The summed E-state index contributed by atoms with van der Waals surface area (Å²) in [7, 11) is 1.91. The molecular formula is C16H18N6O. The maximum atomic E-state index is 12.0. The molecule has 3 aromatic rings. The fraction of sp³-hybridized carbons (Fsp3) is 0.250. The molecule has 2 heterocycles. The van der Waals surface area contributed by atoms with E-state index in [0.717, 1.165) is 11.4 Å². The Bertz CT molecular complexity index is 786. The molecule has 118 valence electrons. The first kappa shape index (κ1) is 15.0. The highest BCUT2D eigenvalue weighted by atomic mass is 16.1. The van der Waals surface area contributed by atoms with E-state index >= 15 is 0 Å². The van der Waals surface area contributed by atoms with Gasteiger partial charge in [-0.2, -0.15) is 5.10 Å². The first-order chi connectivity index (χ1) is 11.1. The number of carbonyl (C=O) groups excluding carboxylic acids is 1. The second-order valence-electron chi connectivity index (χ2n) is 5.36. The van der Waals surface area contributed by atoms with Crippen molar-refractivity contribution in [3.8, 4) is 0 Å². The van der Waals surface area contributed by atoms with Gasteiger partial charge in [0.25, 0.3) is 5.91 Å². The maximum Gasteiger partial charge on any atom is 0.251 e. The standard InChI is InChI=1S/C16H18N6O/c1-12-8-14(19-21(12)2)10-22-11-15(18-20-22)9-17-16(23)13-6-4-3-5-7-13/h3-8,11H,9-10H2,1-2H3,(H,17,23). The van der Waals surface area contributed by atoms with E-state index in [0.29, 0.717) is 24.3 Å². The normalized spacial score (nSPS) is 10.7. The van der Waals surface area contributed by atoms with Crippen LogP contribution in [0, 0.1) is 6.92 Å². The van der Waals surface area contributed by atoms with Crippen LogP contribution in [0.4, 0.5) is 0 Å². The summed E-state index contributed by atoms with van der Waals surface area (Å²) in [6.07, 6.45) is 1.81. The van der Waals surface area contributed by atoms with Crippen molar-refractivity contribution in [2.75, 3.05) is 0 Å². The number of aromatic nitrogens is 5. The zero-order valence-corrected chi connectivity index (χ0v) is 13.1. The molecule has 1 aromatic carbocycles. The number of nitrogens with one attached hydrogen (secondary N) is 1. The largest absolute Gasteiger partial charge is 0.346 e. The van der Waals surface area contributed by atoms with E-state index in [1.54, 1.807) is 16.8 Å². The summed E-state index contributed by atoms with van der Waals surface area (Å²) < 4.78 is 3.54. The Hall–Kier alpha value is -2.96. The van der Waals surface area contributed by atoms with Gasteiger partial charge in [0.2, 0.25) is 0 Å². The molecule has 0 fully saturated rings. The molecule has 1 N–H and O–H groups in total. The Labute approximate surface area is 133 Å². The molecule has 2 aromatic heterocycles. The summed E-state index contributed by atoms with van der Waals surface area (Å²) in [6, 6.07) is 11.1. The van der Waals surface area contributed by atoms with Crippen LogP contribution in [0.2, 0.25) is 0 Å². The summed E-state index contributed by atoms with van der Waals surface area (Å²) in [4.78, 5) is 12.0. The van der Waals surface area contributed by atoms with E-state index in [-0.39, 0.29) is 5.91 Å². The lowest BCUT2D eigenvalue weighted by Gasteiger charge is -2.02. The van der Waals surface area contributed by atoms with Crippen molar-refractivity contribution < 1.29 is 4.79 Å². The quantitative estimate of drug-likeness (QED) is 0.770. The van der Waals surface area contributed by atoms with Gasteiger partial charge < -0.3 is 5.32 Å². The molecule has 0 unspecified atom stereocenters. The fourth-order valence-electron chi connectivity index (χ4n) is 2.24. The molecule has 0 radical (unpaired) electrons. The SMILES string of the molecule is Cc1cc(Cn2cc(CNC(=O)c3ccccc3)nn2)nn1C. The fourth-order valence-corrected chi connectivity index (χ4v) is 2.24. The van der Waals surface area contributed by atoms with Crippen LogP contribution in [0.25, 0.3) is 0 Å². The second-order valence-corrected chi connectivity index (χ2v) is 5.36. The van der Waals surface area contributed by atoms with E-state index in [2.05, 4.69) is 20.7 Å². The van der Waals surface area contributed by atoms with Crippen molar-refractivity contribution >= 4 is 5.91 Å². The zero-order chi connectivity index (χ0) is 16.2. The maximum absolute atomic E-state index is 12.0. The highest BCUT2D eigenvalue weighted by Crippen LogP contribution is 2.04. The molecular weight excluding hydrogens is 292 g/mol. The predicted molar refractivity (Wildman–Crippen MR) is 84.7 cm³/mol. The van der Waals surface area contributed by atoms with Crippen LogP contribution in [-0.4, -0.2) is 30.7 Å². The number of rotatable bonds is 5. The van der Waals surface area contributed by atoms with E-state index in [1.165, 1.54) is 0 Å². The lowest BCUT2D eigenvalue weighted by Crippen LogP contribution is -2.22. The second kappa shape index (κ2) is 6.43. The van der Waals surface area contributed by atoms with Gasteiger partial charge in [-0.3, -0.25) is 9.48 Å². The Morgan fingerprint density at radius 3 is 2.70 bits per heavy atom. The summed E-state index contributed by atoms with van der Waals surface area (Å²) in [5.74, 6) is -0.125. The summed E-state index contributed by atoms with van der Waals surface area (Å²) in [6.45, 7) is 2.90. The van der Waals surface area contributed by atoms with Gasteiger partial charge in [-0.15, -0.1) is 5.10 Å². The van der Waals surface area contributed by atoms with Crippen LogP contribution >= 0.6 is 0 Å². The highest BCUT2D eigenvalue weighted by Gasteiger charge is 2.08. The number of hydrogen-bond donors (Lipinski definition) is 1. The average molecular weight is 310 g/mol. The minimum absolute atomic E-state index is 0.125. The summed E-state index contributed by atoms with van der Waals surface area (Å²) >= 11 is 0. The van der Waals surface area contributed by atoms with Crippen molar-refractivity contribution in [1.29, 1.82) is 0 Å². The van der Waals surface area contributed by atoms with E-state index in [9.17, 15) is 4.79 Å². The molecule has 7 nitrogen and oxygen atoms in total. The highest BCUT2D eigenvalue weighted by molar-refractivity contribution is 5.93. The van der Waals surface area contributed by atoms with Crippen LogP contribution in [0.5, 0.6) is 0 Å². The molecule has 7 heteroatoms. The van der Waals surface area contributed by atoms with Crippen LogP contribution < -0.4 is 5.32 Å². The monoisotopic (exact) mass is 310 g/mol. The molecule has 0 saturated carbocycles. The number of hydrogen-bond acceptors (Lipinski definition) is 4. The van der Waals surface area contributed by atoms with Gasteiger partial charge >= 0.3 is 0 Å². The summed E-state index contributed by atoms with van der Waals surface area (Å²) in [5.41, 5.74) is 3.36. The molecule has 0 aliphatic rings. The lowest BCUT2D eigenvalue weighted by atomic mass is 10.2. The van der Waals surface area contributed by atoms with E-state index in [4.69, 9.17) is 0 Å². The van der Waals surface area contributed by atoms with Gasteiger partial charge in [0.15, 0.2) is 0 Å². The van der Waals surface area contributed by atoms with Crippen molar-refractivity contribution in [3.63, 3.8) is 0 Å². The molecule has 0 spiro atoms. The number of benzene rings is 1. The Balaban J connectivity index is 1.58. The Morgan fingerprint density at radius 1 is 1.22 bits per heavy atom. The number of amides is 1. The molecule has 0 atom stereocenters. The van der Waals surface area contributed by atoms with Crippen molar-refractivity contribution in [2.45, 2.75) is 20.0 Å². The lowest BCUT2D eigenvalue weighted by molar-refractivity contribution is 0.0950. The first-order valence-electron chi connectivity index (χ1n) is 7.33. The molecule has 0 saturated heterocycles. The number of carbonyl (C=O) groups is 1. The van der Waals surface area contributed by atoms with Crippen molar-refractivity contribution in [2.24, 2.45) is 7.05 Å². The summed E-state index contributed by atoms with van der Waals surface area (Å²) in [5, 5.41) is 15.4. The van der Waals surface area contributed by atoms with Crippen molar-refractivity contribution in [1.82, 2.24) is 30.1 Å². The molecule has 0 aliphatic heterocycles. The minimum atomic E-state index is -0.125. The zero-order valence-electron chi connectivity index (χ0n) is 13.1. The van der Waals surface area contributed by atoms with Crippen LogP contribution in [0.1, 0.15) is 27.4 Å². The van der Waals surface area contributed by atoms with Gasteiger partial charge in [0.05, 0.1) is 25.0 Å². The number of aryl methyl sites for hydroxylation is 2. The van der Waals surface area contributed by atoms with Crippen molar-refractivity contribution in [3.05, 3.63) is 65.2 Å². The van der Waals surface area contributed by atoms with Crippen LogP contribution in [0.3, 0.4) is 0 Å². The van der Waals surface area contributed by atoms with Gasteiger partial charge in [-0.25, -0.2) is 4.68 Å². The number of nitrogens with zero attached hydrogens (tertiary/aromatic N) is 5.